The summed E-state index contributed by atoms with van der Waals surface area (Å²) in [6.07, 6.45) is 1.42. The minimum atomic E-state index is -0.661. The number of carbonyl (C=O) groups excluding carboxylic acids is 2. The van der Waals surface area contributed by atoms with Gasteiger partial charge in [0.2, 0.25) is 18.6 Å². The molecule has 2 aliphatic heterocycles. The lowest BCUT2D eigenvalue weighted by Gasteiger charge is -2.28. The lowest BCUT2D eigenvalue weighted by atomic mass is 10.1. The number of imide groups is 1. The number of hydrogen-bond donors (Lipinski definition) is 1. The van der Waals surface area contributed by atoms with Crippen LogP contribution in [0.3, 0.4) is 0 Å². The zero-order chi connectivity index (χ0) is 17.4. The predicted molar refractivity (Wildman–Crippen MR) is 92.0 cm³/mol. The molecule has 0 unspecified atom stereocenters. The van der Waals surface area contributed by atoms with Crippen LogP contribution in [0.15, 0.2) is 41.0 Å². The van der Waals surface area contributed by atoms with Crippen LogP contribution in [0, 0.1) is 0 Å². The van der Waals surface area contributed by atoms with Crippen molar-refractivity contribution in [2.24, 2.45) is 0 Å². The van der Waals surface area contributed by atoms with Crippen LogP contribution in [0.4, 0.5) is 5.82 Å². The number of aromatic nitrogens is 1. The van der Waals surface area contributed by atoms with Crippen LogP contribution >= 0.6 is 15.9 Å². The molecule has 4 rings (SSSR count). The number of halogens is 1. The molecule has 0 spiro atoms. The van der Waals surface area contributed by atoms with E-state index in [0.717, 1.165) is 10.0 Å². The maximum Gasteiger partial charge on any atom is 0.231 e. The number of fused-ring (bicyclic) bond motifs is 1. The fourth-order valence-electron chi connectivity index (χ4n) is 2.86. The van der Waals surface area contributed by atoms with Gasteiger partial charge in [0.1, 0.15) is 12.0 Å². The Hall–Kier alpha value is -2.61. The van der Waals surface area contributed by atoms with Gasteiger partial charge in [0, 0.05) is 23.5 Å². The highest BCUT2D eigenvalue weighted by molar-refractivity contribution is 9.10. The highest BCUT2D eigenvalue weighted by Gasteiger charge is 2.36. The minimum Gasteiger partial charge on any atom is -0.454 e. The van der Waals surface area contributed by atoms with Crippen LogP contribution in [0.1, 0.15) is 24.6 Å². The van der Waals surface area contributed by atoms with Gasteiger partial charge in [0.25, 0.3) is 0 Å². The Morgan fingerprint density at radius 3 is 2.56 bits per heavy atom. The van der Waals surface area contributed by atoms with Gasteiger partial charge < -0.3 is 14.8 Å². The summed E-state index contributed by atoms with van der Waals surface area (Å²) < 4.78 is 11.6. The molecule has 2 aliphatic rings. The number of pyridine rings is 1. The van der Waals surface area contributed by atoms with Gasteiger partial charge in [-0.3, -0.25) is 14.5 Å². The van der Waals surface area contributed by atoms with Crippen molar-refractivity contribution in [3.63, 3.8) is 0 Å². The highest BCUT2D eigenvalue weighted by Crippen LogP contribution is 2.37. The Morgan fingerprint density at radius 2 is 1.84 bits per heavy atom. The average molecular weight is 404 g/mol. The van der Waals surface area contributed by atoms with E-state index in [4.69, 9.17) is 9.47 Å². The van der Waals surface area contributed by atoms with Gasteiger partial charge in [-0.05, 0) is 45.8 Å². The van der Waals surface area contributed by atoms with Gasteiger partial charge in [-0.2, -0.15) is 0 Å². The smallest absolute Gasteiger partial charge is 0.231 e. The Bertz CT molecular complexity index is 824. The van der Waals surface area contributed by atoms with E-state index < -0.39 is 6.17 Å². The van der Waals surface area contributed by atoms with Gasteiger partial charge in [0.15, 0.2) is 11.5 Å². The summed E-state index contributed by atoms with van der Waals surface area (Å²) in [6, 6.07) is 8.96. The first-order chi connectivity index (χ1) is 12.1. The molecule has 8 heteroatoms. The van der Waals surface area contributed by atoms with Crippen LogP contribution in [0.2, 0.25) is 0 Å². The van der Waals surface area contributed by atoms with Crippen molar-refractivity contribution in [1.29, 1.82) is 0 Å². The third-order valence-electron chi connectivity index (χ3n) is 4.07. The molecule has 1 N–H and O–H groups in total. The fourth-order valence-corrected chi connectivity index (χ4v) is 3.10. The van der Waals surface area contributed by atoms with Gasteiger partial charge in [-0.1, -0.05) is 6.07 Å². The molecule has 2 amide bonds. The Kier molecular flexibility index (Phi) is 4.04. The lowest BCUT2D eigenvalue weighted by Crippen LogP contribution is -2.38. The maximum absolute atomic E-state index is 12.3. The van der Waals surface area contributed by atoms with Crippen LogP contribution in [0.5, 0.6) is 11.5 Å². The van der Waals surface area contributed by atoms with E-state index in [9.17, 15) is 9.59 Å². The highest BCUT2D eigenvalue weighted by atomic mass is 79.9. The van der Waals surface area contributed by atoms with Crippen molar-refractivity contribution < 1.29 is 19.1 Å². The molecular formula is C17H14BrN3O4. The molecule has 25 heavy (non-hydrogen) atoms. The summed E-state index contributed by atoms with van der Waals surface area (Å²) in [7, 11) is 0. The number of anilines is 1. The summed E-state index contributed by atoms with van der Waals surface area (Å²) in [6.45, 7) is 0.159. The van der Waals surface area contributed by atoms with Crippen molar-refractivity contribution in [2.45, 2.75) is 19.0 Å². The van der Waals surface area contributed by atoms with Gasteiger partial charge in [0.05, 0.1) is 0 Å². The number of rotatable bonds is 4. The van der Waals surface area contributed by atoms with E-state index in [1.807, 2.05) is 12.1 Å². The zero-order valence-electron chi connectivity index (χ0n) is 13.1. The Labute approximate surface area is 152 Å². The molecule has 0 bridgehead atoms. The second-order valence-corrected chi connectivity index (χ2v) is 6.59. The van der Waals surface area contributed by atoms with E-state index in [1.54, 1.807) is 24.4 Å². The van der Waals surface area contributed by atoms with Crippen molar-refractivity contribution in [3.05, 3.63) is 46.6 Å². The van der Waals surface area contributed by atoms with E-state index in [0.29, 0.717) is 17.3 Å². The Balaban J connectivity index is 1.71. The molecule has 7 nitrogen and oxygen atoms in total. The first kappa shape index (κ1) is 15.9. The Morgan fingerprint density at radius 1 is 1.08 bits per heavy atom. The number of carbonyl (C=O) groups is 2. The molecule has 0 radical (unpaired) electrons. The van der Waals surface area contributed by atoms with Crippen molar-refractivity contribution in [3.8, 4) is 11.5 Å². The number of hydrogen-bond acceptors (Lipinski definition) is 6. The molecule has 1 saturated heterocycles. The second kappa shape index (κ2) is 6.36. The standard InChI is InChI=1S/C17H14BrN3O4/c18-11-2-4-14(19-8-11)20-17(21-15(22)5-6-16(21)23)10-1-3-12-13(7-10)25-9-24-12/h1-4,7-8,17H,5-6,9H2,(H,19,20)/t17-/m1/s1. The summed E-state index contributed by atoms with van der Waals surface area (Å²) in [4.78, 5) is 30.0. The zero-order valence-corrected chi connectivity index (χ0v) is 14.7. The summed E-state index contributed by atoms with van der Waals surface area (Å²) in [5.41, 5.74) is 0.720. The largest absolute Gasteiger partial charge is 0.454 e. The van der Waals surface area contributed by atoms with Gasteiger partial charge in [-0.15, -0.1) is 0 Å². The topological polar surface area (TPSA) is 80.8 Å². The average Bonchev–Trinajstić information content (AvgIpc) is 3.21. The molecule has 128 valence electrons. The number of nitrogens with zero attached hydrogens (tertiary/aromatic N) is 2. The molecule has 0 saturated carbocycles. The number of likely N-dealkylation sites (tertiary alicyclic amines) is 1. The van der Waals surface area contributed by atoms with E-state index in [2.05, 4.69) is 26.2 Å². The van der Waals surface area contributed by atoms with Crippen LogP contribution in [0.25, 0.3) is 0 Å². The quantitative estimate of drug-likeness (QED) is 0.790. The molecule has 1 atom stereocenters. The molecule has 1 fully saturated rings. The number of amides is 2. The molecule has 0 aliphatic carbocycles. The number of nitrogens with one attached hydrogen (secondary N) is 1. The van der Waals surface area contributed by atoms with Gasteiger partial charge in [-0.25, -0.2) is 4.98 Å². The molecule has 1 aromatic heterocycles. The lowest BCUT2D eigenvalue weighted by molar-refractivity contribution is -0.140. The van der Waals surface area contributed by atoms with E-state index in [-0.39, 0.29) is 31.4 Å². The normalized spacial score (nSPS) is 17.1. The predicted octanol–water partition coefficient (Wildman–Crippen LogP) is 2.83. The number of ether oxygens (including phenoxy) is 2. The second-order valence-electron chi connectivity index (χ2n) is 5.68. The third-order valence-corrected chi connectivity index (χ3v) is 4.54. The van der Waals surface area contributed by atoms with Crippen LogP contribution in [-0.4, -0.2) is 28.5 Å². The molecule has 1 aromatic carbocycles. The van der Waals surface area contributed by atoms with Crippen molar-refractivity contribution in [1.82, 2.24) is 9.88 Å². The SMILES string of the molecule is O=C1CCC(=O)N1[C@@H](Nc1ccc(Br)cn1)c1ccc2c(c1)OCO2. The van der Waals surface area contributed by atoms with Crippen LogP contribution in [-0.2, 0) is 9.59 Å². The fraction of sp³-hybridized carbons (Fsp3) is 0.235. The minimum absolute atomic E-state index is 0.159. The summed E-state index contributed by atoms with van der Waals surface area (Å²) >= 11 is 3.34. The monoisotopic (exact) mass is 403 g/mol. The van der Waals surface area contributed by atoms with Gasteiger partial charge >= 0.3 is 0 Å². The summed E-state index contributed by atoms with van der Waals surface area (Å²) in [5, 5.41) is 3.17. The molecule has 2 aromatic rings. The molecular weight excluding hydrogens is 390 g/mol. The van der Waals surface area contributed by atoms with Crippen LogP contribution < -0.4 is 14.8 Å². The van der Waals surface area contributed by atoms with Crippen molar-refractivity contribution in [2.75, 3.05) is 12.1 Å². The van der Waals surface area contributed by atoms with E-state index in [1.165, 1.54) is 4.90 Å². The van der Waals surface area contributed by atoms with E-state index >= 15 is 0 Å². The molecule has 3 heterocycles. The number of benzene rings is 1. The first-order valence-electron chi connectivity index (χ1n) is 7.74. The van der Waals surface area contributed by atoms with Crippen molar-refractivity contribution >= 4 is 33.6 Å². The first-order valence-corrected chi connectivity index (χ1v) is 8.53. The summed E-state index contributed by atoms with van der Waals surface area (Å²) in [5.74, 6) is 1.36. The third kappa shape index (κ3) is 3.05. The maximum atomic E-state index is 12.3.